The maximum atomic E-state index is 12.9. The Labute approximate surface area is 192 Å². The van der Waals surface area contributed by atoms with Gasteiger partial charge in [-0.1, -0.05) is 44.2 Å². The molecule has 33 heavy (non-hydrogen) atoms. The zero-order valence-corrected chi connectivity index (χ0v) is 18.9. The van der Waals surface area contributed by atoms with Gasteiger partial charge in [-0.25, -0.2) is 4.79 Å². The molecule has 4 atom stereocenters. The van der Waals surface area contributed by atoms with Crippen LogP contribution in [0.3, 0.4) is 0 Å². The minimum absolute atomic E-state index is 0.0994. The summed E-state index contributed by atoms with van der Waals surface area (Å²) in [6.45, 7) is 4.68. The Balaban J connectivity index is 2.90. The molecule has 0 saturated carbocycles. The fraction of sp³-hybridized carbons (Fsp3) is 0.500. The van der Waals surface area contributed by atoms with Gasteiger partial charge in [0, 0.05) is 12.8 Å². The maximum Gasteiger partial charge on any atom is 0.326 e. The Bertz CT molecular complexity index is 844. The van der Waals surface area contributed by atoms with E-state index in [9.17, 15) is 29.1 Å². The van der Waals surface area contributed by atoms with Crippen LogP contribution < -0.4 is 21.7 Å². The molecule has 11 heteroatoms. The summed E-state index contributed by atoms with van der Waals surface area (Å²) in [6, 6.07) is 4.41. The van der Waals surface area contributed by atoms with Gasteiger partial charge in [0.25, 0.3) is 0 Å². The SMILES string of the molecule is CC(NC(=O)C(Cc1ccccc1)NC(=O)C(N)CCC(=O)O)C(=O)NC(C(=O)O)C(C)C. The number of rotatable bonds is 13. The van der Waals surface area contributed by atoms with E-state index in [0.717, 1.165) is 5.56 Å². The second kappa shape index (κ2) is 13.2. The normalized spacial score (nSPS) is 14.5. The van der Waals surface area contributed by atoms with Crippen LogP contribution in [-0.2, 0) is 30.4 Å². The van der Waals surface area contributed by atoms with Crippen LogP contribution in [0.2, 0.25) is 0 Å². The van der Waals surface area contributed by atoms with E-state index in [2.05, 4.69) is 16.0 Å². The molecule has 0 aliphatic carbocycles. The van der Waals surface area contributed by atoms with Gasteiger partial charge in [0.1, 0.15) is 18.1 Å². The van der Waals surface area contributed by atoms with E-state index < -0.39 is 53.8 Å². The molecule has 0 aliphatic rings. The van der Waals surface area contributed by atoms with E-state index in [1.165, 1.54) is 6.92 Å². The molecule has 0 fully saturated rings. The first-order valence-electron chi connectivity index (χ1n) is 10.6. The molecular formula is C22H32N4O7. The van der Waals surface area contributed by atoms with Crippen LogP contribution in [0.15, 0.2) is 30.3 Å². The third-order valence-electron chi connectivity index (χ3n) is 4.90. The molecule has 1 aromatic rings. The van der Waals surface area contributed by atoms with Crippen molar-refractivity contribution in [2.24, 2.45) is 11.7 Å². The number of hydrogen-bond acceptors (Lipinski definition) is 6. The highest BCUT2D eigenvalue weighted by Gasteiger charge is 2.29. The molecule has 0 spiro atoms. The van der Waals surface area contributed by atoms with Gasteiger partial charge in [0.2, 0.25) is 17.7 Å². The summed E-state index contributed by atoms with van der Waals surface area (Å²) >= 11 is 0. The van der Waals surface area contributed by atoms with Crippen LogP contribution in [0, 0.1) is 5.92 Å². The van der Waals surface area contributed by atoms with Crippen molar-refractivity contribution in [2.75, 3.05) is 0 Å². The molecule has 0 aliphatic heterocycles. The predicted octanol–water partition coefficient (Wildman–Crippen LogP) is -0.364. The Morgan fingerprint density at radius 1 is 0.879 bits per heavy atom. The second-order valence-electron chi connectivity index (χ2n) is 8.09. The van der Waals surface area contributed by atoms with Crippen molar-refractivity contribution in [3.05, 3.63) is 35.9 Å². The predicted molar refractivity (Wildman–Crippen MR) is 119 cm³/mol. The number of aliphatic carboxylic acids is 2. The molecule has 11 nitrogen and oxygen atoms in total. The number of nitrogens with one attached hydrogen (secondary N) is 3. The molecule has 0 aromatic heterocycles. The number of carbonyl (C=O) groups excluding carboxylic acids is 3. The number of carbonyl (C=O) groups is 5. The van der Waals surface area contributed by atoms with E-state index >= 15 is 0 Å². The Hall–Kier alpha value is -3.47. The summed E-state index contributed by atoms with van der Waals surface area (Å²) in [6.07, 6.45) is -0.310. The van der Waals surface area contributed by atoms with E-state index in [1.807, 2.05) is 0 Å². The molecular weight excluding hydrogens is 432 g/mol. The summed E-state index contributed by atoms with van der Waals surface area (Å²) in [5, 5.41) is 25.4. The number of benzene rings is 1. The summed E-state index contributed by atoms with van der Waals surface area (Å²) in [5.41, 5.74) is 6.48. The highest BCUT2D eigenvalue weighted by molar-refractivity contribution is 5.94. The van der Waals surface area contributed by atoms with Gasteiger partial charge >= 0.3 is 11.9 Å². The lowest BCUT2D eigenvalue weighted by atomic mass is 10.0. The number of amides is 3. The lowest BCUT2D eigenvalue weighted by Crippen LogP contribution is -2.57. The minimum atomic E-state index is -1.19. The lowest BCUT2D eigenvalue weighted by molar-refractivity contribution is -0.143. The number of carboxylic acid groups (broad SMARTS) is 2. The molecule has 1 rings (SSSR count). The molecule has 1 aromatic carbocycles. The molecule has 0 heterocycles. The summed E-state index contributed by atoms with van der Waals surface area (Å²) in [4.78, 5) is 59.7. The topological polar surface area (TPSA) is 188 Å². The molecule has 0 saturated heterocycles. The zero-order valence-electron chi connectivity index (χ0n) is 18.9. The number of nitrogens with two attached hydrogens (primary N) is 1. The molecule has 0 radical (unpaired) electrons. The summed E-state index contributed by atoms with van der Waals surface area (Å²) in [7, 11) is 0. The largest absolute Gasteiger partial charge is 0.481 e. The van der Waals surface area contributed by atoms with Gasteiger partial charge in [0.05, 0.1) is 6.04 Å². The first-order valence-corrected chi connectivity index (χ1v) is 10.6. The summed E-state index contributed by atoms with van der Waals surface area (Å²) in [5.74, 6) is -4.72. The van der Waals surface area contributed by atoms with Crippen molar-refractivity contribution in [3.63, 3.8) is 0 Å². The first-order chi connectivity index (χ1) is 15.4. The van der Waals surface area contributed by atoms with Crippen LogP contribution in [0.25, 0.3) is 0 Å². The van der Waals surface area contributed by atoms with Gasteiger partial charge in [-0.3, -0.25) is 19.2 Å². The molecule has 0 bridgehead atoms. The first kappa shape index (κ1) is 27.6. The number of hydrogen-bond donors (Lipinski definition) is 6. The smallest absolute Gasteiger partial charge is 0.326 e. The van der Waals surface area contributed by atoms with Crippen molar-refractivity contribution in [3.8, 4) is 0 Å². The minimum Gasteiger partial charge on any atom is -0.481 e. The van der Waals surface area contributed by atoms with Crippen LogP contribution in [-0.4, -0.2) is 64.0 Å². The van der Waals surface area contributed by atoms with E-state index in [-0.39, 0.29) is 25.2 Å². The summed E-state index contributed by atoms with van der Waals surface area (Å²) < 4.78 is 0. The van der Waals surface area contributed by atoms with Crippen molar-refractivity contribution in [2.45, 2.75) is 64.2 Å². The lowest BCUT2D eigenvalue weighted by Gasteiger charge is -2.24. The molecule has 3 amide bonds. The Morgan fingerprint density at radius 2 is 1.48 bits per heavy atom. The van der Waals surface area contributed by atoms with Crippen LogP contribution in [0.1, 0.15) is 39.2 Å². The van der Waals surface area contributed by atoms with Gasteiger partial charge < -0.3 is 31.9 Å². The van der Waals surface area contributed by atoms with Gasteiger partial charge in [-0.05, 0) is 24.8 Å². The van der Waals surface area contributed by atoms with Crippen molar-refractivity contribution < 1.29 is 34.2 Å². The van der Waals surface area contributed by atoms with E-state index in [1.54, 1.807) is 44.2 Å². The van der Waals surface area contributed by atoms with Crippen LogP contribution in [0.5, 0.6) is 0 Å². The average Bonchev–Trinajstić information content (AvgIpc) is 2.74. The standard InChI is InChI=1S/C22H32N4O7/c1-12(2)18(22(32)33)26-19(29)13(3)24-21(31)16(11-14-7-5-4-6-8-14)25-20(30)15(23)9-10-17(27)28/h4-8,12-13,15-16,18H,9-11,23H2,1-3H3,(H,24,31)(H,25,30)(H,26,29)(H,27,28)(H,32,33). The van der Waals surface area contributed by atoms with Gasteiger partial charge in [0.15, 0.2) is 0 Å². The fourth-order valence-electron chi connectivity index (χ4n) is 2.92. The monoisotopic (exact) mass is 464 g/mol. The van der Waals surface area contributed by atoms with E-state index in [4.69, 9.17) is 10.8 Å². The van der Waals surface area contributed by atoms with Crippen molar-refractivity contribution >= 4 is 29.7 Å². The quantitative estimate of drug-likeness (QED) is 0.228. The van der Waals surface area contributed by atoms with Crippen LogP contribution >= 0.6 is 0 Å². The molecule has 7 N–H and O–H groups in total. The fourth-order valence-corrected chi connectivity index (χ4v) is 2.92. The third-order valence-corrected chi connectivity index (χ3v) is 4.90. The Kier molecular flexibility index (Phi) is 11.0. The zero-order chi connectivity index (χ0) is 25.1. The van der Waals surface area contributed by atoms with Gasteiger partial charge in [-0.15, -0.1) is 0 Å². The highest BCUT2D eigenvalue weighted by atomic mass is 16.4. The number of carboxylic acids is 2. The van der Waals surface area contributed by atoms with Crippen molar-refractivity contribution in [1.29, 1.82) is 0 Å². The van der Waals surface area contributed by atoms with Gasteiger partial charge in [-0.2, -0.15) is 0 Å². The third kappa shape index (κ3) is 9.69. The maximum absolute atomic E-state index is 12.9. The van der Waals surface area contributed by atoms with E-state index in [0.29, 0.717) is 0 Å². The highest BCUT2D eigenvalue weighted by Crippen LogP contribution is 2.06. The Morgan fingerprint density at radius 3 is 2.00 bits per heavy atom. The average molecular weight is 465 g/mol. The second-order valence-corrected chi connectivity index (χ2v) is 8.09. The van der Waals surface area contributed by atoms with Crippen molar-refractivity contribution in [1.82, 2.24) is 16.0 Å². The van der Waals surface area contributed by atoms with Crippen LogP contribution in [0.4, 0.5) is 0 Å². The molecule has 182 valence electrons. The molecule has 4 unspecified atom stereocenters.